The molecule has 0 bridgehead atoms. The third kappa shape index (κ3) is 14.4. The summed E-state index contributed by atoms with van der Waals surface area (Å²) < 4.78 is 0. The number of halogens is 1. The molecule has 0 fully saturated rings. The maximum atomic E-state index is 9.80. The van der Waals surface area contributed by atoms with E-state index in [1.54, 1.807) is 0 Å². The second kappa shape index (κ2) is 17.9. The van der Waals surface area contributed by atoms with Gasteiger partial charge in [0.1, 0.15) is 5.56 Å². The molecule has 0 rings (SSSR count). The fourth-order valence-corrected chi connectivity index (χ4v) is 2.93. The molecule has 0 aromatic heterocycles. The van der Waals surface area contributed by atoms with Crippen LogP contribution in [0.15, 0.2) is 0 Å². The van der Waals surface area contributed by atoms with E-state index in [2.05, 4.69) is 6.92 Å². The van der Waals surface area contributed by atoms with E-state index in [-0.39, 0.29) is 5.48 Å². The van der Waals surface area contributed by atoms with Crippen molar-refractivity contribution in [1.29, 1.82) is 0 Å². The molecule has 0 aliphatic heterocycles. The molecule has 5 nitrogen and oxygen atoms in total. The van der Waals surface area contributed by atoms with Crippen LogP contribution < -0.4 is 5.73 Å². The summed E-state index contributed by atoms with van der Waals surface area (Å²) in [4.78, 5) is 0. The number of aliphatic hydroxyl groups excluding tert-OH is 3. The first kappa shape index (κ1) is 26.3. The van der Waals surface area contributed by atoms with Gasteiger partial charge in [0, 0.05) is 0 Å². The van der Waals surface area contributed by atoms with Gasteiger partial charge in [0.25, 0.3) is 0 Å². The molecule has 7 N–H and O–H groups in total. The van der Waals surface area contributed by atoms with Crippen molar-refractivity contribution in [3.05, 3.63) is 0 Å². The van der Waals surface area contributed by atoms with Gasteiger partial charge in [0.2, 0.25) is 0 Å². The number of rotatable bonds is 16. The van der Waals surface area contributed by atoms with Crippen LogP contribution in [0, 0.1) is 0 Å². The normalized spacial score (nSPS) is 16.2. The molecule has 6 heteroatoms. The molecule has 0 aliphatic rings. The summed E-state index contributed by atoms with van der Waals surface area (Å²) in [7, 11) is 0. The van der Waals surface area contributed by atoms with E-state index in [4.69, 9.17) is 22.4 Å². The van der Waals surface area contributed by atoms with Gasteiger partial charge < -0.3 is 26.5 Å². The second-order valence-electron chi connectivity index (χ2n) is 6.69. The van der Waals surface area contributed by atoms with Crippen molar-refractivity contribution in [1.82, 2.24) is 0 Å². The molecule has 24 heavy (non-hydrogen) atoms. The topological polar surface area (TPSA) is 118 Å². The number of alkyl halides is 1. The lowest BCUT2D eigenvalue weighted by atomic mass is 10.00. The highest BCUT2D eigenvalue weighted by atomic mass is 35.5. The van der Waals surface area contributed by atoms with Crippen LogP contribution in [0.5, 0.6) is 0 Å². The Bertz CT molecular complexity index is 257. The molecule has 0 saturated heterocycles. The van der Waals surface area contributed by atoms with Gasteiger partial charge in [-0.05, 0) is 6.42 Å². The minimum atomic E-state index is -1.33. The lowest BCUT2D eigenvalue weighted by Gasteiger charge is -2.24. The zero-order valence-corrected chi connectivity index (χ0v) is 16.1. The van der Waals surface area contributed by atoms with E-state index in [0.29, 0.717) is 6.42 Å². The zero-order chi connectivity index (χ0) is 17.5. The van der Waals surface area contributed by atoms with Gasteiger partial charge in [0.15, 0.2) is 0 Å². The lowest BCUT2D eigenvalue weighted by molar-refractivity contribution is -0.0179. The zero-order valence-electron chi connectivity index (χ0n) is 15.3. The summed E-state index contributed by atoms with van der Waals surface area (Å²) in [5.74, 6) is 0. The SMILES string of the molecule is CCCCCCCCCCCCCC[C@@H](O)[C@@H](O)[C@@H](N)C(O)Cl.O. The Labute approximate surface area is 152 Å². The lowest BCUT2D eigenvalue weighted by Crippen LogP contribution is -2.48. The second-order valence-corrected chi connectivity index (χ2v) is 7.13. The van der Waals surface area contributed by atoms with Crippen LogP contribution in [-0.2, 0) is 0 Å². The molecule has 0 spiro atoms. The molecule has 0 aromatic rings. The molecule has 0 radical (unpaired) electrons. The van der Waals surface area contributed by atoms with Crippen LogP contribution >= 0.6 is 11.6 Å². The van der Waals surface area contributed by atoms with Crippen molar-refractivity contribution in [2.75, 3.05) is 0 Å². The molecule has 0 amide bonds. The molecular weight excluding hydrogens is 330 g/mol. The Morgan fingerprint density at radius 2 is 1.12 bits per heavy atom. The van der Waals surface area contributed by atoms with Gasteiger partial charge in [-0.1, -0.05) is 95.6 Å². The average Bonchev–Trinajstić information content (AvgIpc) is 2.54. The Morgan fingerprint density at radius 1 is 0.750 bits per heavy atom. The van der Waals surface area contributed by atoms with E-state index in [0.717, 1.165) is 12.8 Å². The fraction of sp³-hybridized carbons (Fsp3) is 1.00. The van der Waals surface area contributed by atoms with Crippen LogP contribution in [0.3, 0.4) is 0 Å². The van der Waals surface area contributed by atoms with Crippen LogP contribution in [0.1, 0.15) is 90.4 Å². The molecule has 148 valence electrons. The predicted octanol–water partition coefficient (Wildman–Crippen LogP) is 2.86. The molecule has 1 unspecified atom stereocenters. The van der Waals surface area contributed by atoms with E-state index in [1.165, 1.54) is 64.2 Å². The Kier molecular flexibility index (Phi) is 19.6. The third-order valence-corrected chi connectivity index (χ3v) is 4.75. The molecule has 0 aromatic carbocycles. The standard InChI is InChI=1S/C18H38ClNO3.H2O/c1-2-3-4-5-6-7-8-9-10-11-12-13-14-15(21)17(22)16(20)18(19)23;/h15-18,21-23H,2-14,20H2,1H3;1H2/t15-,16-,17-,18?;/m1./s1. The highest BCUT2D eigenvalue weighted by Gasteiger charge is 2.27. The number of unbranched alkanes of at least 4 members (excludes halogenated alkanes) is 11. The first-order valence-electron chi connectivity index (χ1n) is 9.44. The summed E-state index contributed by atoms with van der Waals surface area (Å²) in [5, 5.41) is 28.6. The largest absolute Gasteiger partial charge is 0.412 e. The Hall–Kier alpha value is 0.0900. The Balaban J connectivity index is 0. The number of hydrogen-bond donors (Lipinski definition) is 4. The van der Waals surface area contributed by atoms with Crippen LogP contribution in [-0.4, -0.2) is 44.6 Å². The average molecular weight is 370 g/mol. The summed E-state index contributed by atoms with van der Waals surface area (Å²) in [5.41, 5.74) is 4.17. The van der Waals surface area contributed by atoms with Crippen molar-refractivity contribution in [2.24, 2.45) is 5.73 Å². The van der Waals surface area contributed by atoms with Crippen molar-refractivity contribution >= 4 is 11.6 Å². The first-order valence-corrected chi connectivity index (χ1v) is 9.88. The van der Waals surface area contributed by atoms with E-state index >= 15 is 0 Å². The van der Waals surface area contributed by atoms with Gasteiger partial charge >= 0.3 is 0 Å². The quantitative estimate of drug-likeness (QED) is 0.247. The van der Waals surface area contributed by atoms with Gasteiger partial charge in [0.05, 0.1) is 18.2 Å². The Morgan fingerprint density at radius 3 is 1.50 bits per heavy atom. The number of hydrogen-bond acceptors (Lipinski definition) is 4. The summed E-state index contributed by atoms with van der Waals surface area (Å²) in [6.45, 7) is 2.25. The highest BCUT2D eigenvalue weighted by molar-refractivity contribution is 6.20. The minimum absolute atomic E-state index is 0. The van der Waals surface area contributed by atoms with Crippen molar-refractivity contribution < 1.29 is 20.8 Å². The van der Waals surface area contributed by atoms with Gasteiger partial charge in [-0.3, -0.25) is 0 Å². The van der Waals surface area contributed by atoms with Crippen LogP contribution in [0.2, 0.25) is 0 Å². The van der Waals surface area contributed by atoms with Gasteiger partial charge in [-0.25, -0.2) is 0 Å². The monoisotopic (exact) mass is 369 g/mol. The molecular formula is C18H40ClNO4. The molecule has 0 aliphatic carbocycles. The predicted molar refractivity (Wildman–Crippen MR) is 101 cm³/mol. The van der Waals surface area contributed by atoms with Crippen molar-refractivity contribution in [3.8, 4) is 0 Å². The van der Waals surface area contributed by atoms with Gasteiger partial charge in [-0.2, -0.15) is 0 Å². The van der Waals surface area contributed by atoms with Gasteiger partial charge in [-0.15, -0.1) is 0 Å². The summed E-state index contributed by atoms with van der Waals surface area (Å²) >= 11 is 5.41. The maximum absolute atomic E-state index is 9.80. The first-order chi connectivity index (χ1) is 11.0. The fourth-order valence-electron chi connectivity index (χ4n) is 2.78. The van der Waals surface area contributed by atoms with Crippen LogP contribution in [0.25, 0.3) is 0 Å². The molecule has 4 atom stereocenters. The number of nitrogens with two attached hydrogens (primary N) is 1. The third-order valence-electron chi connectivity index (χ3n) is 4.46. The summed E-state index contributed by atoms with van der Waals surface area (Å²) in [6.07, 6.45) is 13.5. The van der Waals surface area contributed by atoms with E-state index in [9.17, 15) is 10.2 Å². The van der Waals surface area contributed by atoms with Crippen LogP contribution in [0.4, 0.5) is 0 Å². The van der Waals surface area contributed by atoms with Crippen molar-refractivity contribution in [3.63, 3.8) is 0 Å². The minimum Gasteiger partial charge on any atom is -0.412 e. The van der Waals surface area contributed by atoms with E-state index in [1.807, 2.05) is 0 Å². The maximum Gasteiger partial charge on any atom is 0.145 e. The summed E-state index contributed by atoms with van der Waals surface area (Å²) in [6, 6.07) is -1.01. The molecule has 0 heterocycles. The number of aliphatic hydroxyl groups is 3. The van der Waals surface area contributed by atoms with Crippen molar-refractivity contribution in [2.45, 2.75) is 114 Å². The molecule has 0 saturated carbocycles. The smallest absolute Gasteiger partial charge is 0.145 e. The highest BCUT2D eigenvalue weighted by Crippen LogP contribution is 2.15. The van der Waals surface area contributed by atoms with E-state index < -0.39 is 23.8 Å².